The number of rotatable bonds is 8. The van der Waals surface area contributed by atoms with Crippen molar-refractivity contribution < 1.29 is 23.9 Å². The Hall–Kier alpha value is -3.55. The maximum atomic E-state index is 12.9. The molecule has 2 aromatic rings. The molecule has 4 rings (SSSR count). The summed E-state index contributed by atoms with van der Waals surface area (Å²) in [5.41, 5.74) is 0.899. The smallest absolute Gasteiger partial charge is 0.325 e. The number of hydrogen-bond donors (Lipinski definition) is 2. The number of carbonyl (C=O) groups excluding carboxylic acids is 3. The van der Waals surface area contributed by atoms with Crippen molar-refractivity contribution >= 4 is 17.8 Å². The number of aryl methyl sites for hydroxylation is 1. The molecule has 1 saturated heterocycles. The lowest BCUT2D eigenvalue weighted by atomic mass is 9.92. The fourth-order valence-electron chi connectivity index (χ4n) is 3.83. The van der Waals surface area contributed by atoms with E-state index in [9.17, 15) is 14.4 Å². The van der Waals surface area contributed by atoms with Crippen LogP contribution in [0.15, 0.2) is 48.5 Å². The van der Waals surface area contributed by atoms with Gasteiger partial charge in [0.2, 0.25) is 12.7 Å². The van der Waals surface area contributed by atoms with Gasteiger partial charge in [-0.25, -0.2) is 4.79 Å². The molecule has 2 heterocycles. The van der Waals surface area contributed by atoms with Crippen LogP contribution in [0.4, 0.5) is 4.79 Å². The number of benzene rings is 2. The lowest BCUT2D eigenvalue weighted by Crippen LogP contribution is -2.46. The summed E-state index contributed by atoms with van der Waals surface area (Å²) in [5, 5.41) is 5.51. The molecule has 1 atom stereocenters. The largest absolute Gasteiger partial charge is 0.454 e. The van der Waals surface area contributed by atoms with E-state index in [1.165, 1.54) is 5.56 Å². The molecule has 31 heavy (non-hydrogen) atoms. The fourth-order valence-corrected chi connectivity index (χ4v) is 3.83. The summed E-state index contributed by atoms with van der Waals surface area (Å²) in [5.74, 6) is 0.490. The van der Waals surface area contributed by atoms with Gasteiger partial charge in [0.15, 0.2) is 11.5 Å². The van der Waals surface area contributed by atoms with Gasteiger partial charge in [-0.15, -0.1) is 0 Å². The highest BCUT2D eigenvalue weighted by atomic mass is 16.7. The molecule has 0 unspecified atom stereocenters. The van der Waals surface area contributed by atoms with E-state index in [-0.39, 0.29) is 25.7 Å². The minimum Gasteiger partial charge on any atom is -0.454 e. The summed E-state index contributed by atoms with van der Waals surface area (Å²) >= 11 is 0. The molecule has 162 valence electrons. The molecular weight excluding hydrogens is 398 g/mol. The highest BCUT2D eigenvalue weighted by Gasteiger charge is 2.48. The molecule has 0 bridgehead atoms. The molecule has 8 heteroatoms. The Morgan fingerprint density at radius 1 is 1.10 bits per heavy atom. The Bertz CT molecular complexity index is 994. The summed E-state index contributed by atoms with van der Waals surface area (Å²) in [6.45, 7) is 2.01. The van der Waals surface area contributed by atoms with Crippen LogP contribution in [-0.2, 0) is 22.4 Å². The van der Waals surface area contributed by atoms with Crippen molar-refractivity contribution in [2.75, 3.05) is 19.9 Å². The van der Waals surface area contributed by atoms with Gasteiger partial charge >= 0.3 is 6.03 Å². The molecule has 8 nitrogen and oxygen atoms in total. The second-order valence-electron chi connectivity index (χ2n) is 7.96. The van der Waals surface area contributed by atoms with Crippen molar-refractivity contribution in [3.63, 3.8) is 0 Å². The van der Waals surface area contributed by atoms with E-state index in [2.05, 4.69) is 10.6 Å². The van der Waals surface area contributed by atoms with Gasteiger partial charge in [0, 0.05) is 13.0 Å². The number of carbonyl (C=O) groups is 3. The zero-order valence-corrected chi connectivity index (χ0v) is 17.3. The van der Waals surface area contributed by atoms with Gasteiger partial charge in [-0.3, -0.25) is 14.5 Å². The summed E-state index contributed by atoms with van der Waals surface area (Å²) < 4.78 is 10.7. The van der Waals surface area contributed by atoms with E-state index in [1.54, 1.807) is 19.1 Å². The van der Waals surface area contributed by atoms with Crippen LogP contribution in [0.1, 0.15) is 24.5 Å². The summed E-state index contributed by atoms with van der Waals surface area (Å²) in [6.07, 6.45) is 1.90. The Morgan fingerprint density at radius 3 is 2.68 bits per heavy atom. The zero-order valence-electron chi connectivity index (χ0n) is 17.3. The van der Waals surface area contributed by atoms with Crippen LogP contribution in [0.3, 0.4) is 0 Å². The van der Waals surface area contributed by atoms with Gasteiger partial charge in [0.1, 0.15) is 12.1 Å². The Morgan fingerprint density at radius 2 is 1.87 bits per heavy atom. The monoisotopic (exact) mass is 423 g/mol. The Kier molecular flexibility index (Phi) is 5.79. The second-order valence-corrected chi connectivity index (χ2v) is 7.96. The van der Waals surface area contributed by atoms with Crippen LogP contribution in [0.25, 0.3) is 0 Å². The van der Waals surface area contributed by atoms with Gasteiger partial charge in [-0.1, -0.05) is 36.4 Å². The summed E-state index contributed by atoms with van der Waals surface area (Å²) in [7, 11) is 0. The average Bonchev–Trinajstić information content (AvgIpc) is 3.30. The van der Waals surface area contributed by atoms with Crippen LogP contribution < -0.4 is 20.1 Å². The van der Waals surface area contributed by atoms with Gasteiger partial charge in [0.25, 0.3) is 5.91 Å². The van der Waals surface area contributed by atoms with Gasteiger partial charge in [-0.05, 0) is 43.0 Å². The van der Waals surface area contributed by atoms with E-state index >= 15 is 0 Å². The highest BCUT2D eigenvalue weighted by molar-refractivity contribution is 6.08. The Labute approximate surface area is 180 Å². The third-order valence-corrected chi connectivity index (χ3v) is 5.45. The van der Waals surface area contributed by atoms with Gasteiger partial charge < -0.3 is 20.1 Å². The Balaban J connectivity index is 1.29. The molecule has 2 aromatic carbocycles. The molecular formula is C23H25N3O5. The van der Waals surface area contributed by atoms with E-state index < -0.39 is 17.5 Å². The number of hydrogen-bond acceptors (Lipinski definition) is 5. The molecule has 2 aliphatic heterocycles. The van der Waals surface area contributed by atoms with Crippen molar-refractivity contribution in [2.45, 2.75) is 31.7 Å². The first-order valence-corrected chi connectivity index (χ1v) is 10.3. The first-order chi connectivity index (χ1) is 14.9. The lowest BCUT2D eigenvalue weighted by molar-refractivity contribution is -0.134. The quantitative estimate of drug-likeness (QED) is 0.500. The molecule has 0 aromatic heterocycles. The maximum absolute atomic E-state index is 12.9. The van der Waals surface area contributed by atoms with Crippen molar-refractivity contribution in [3.8, 4) is 11.5 Å². The third kappa shape index (κ3) is 4.63. The molecule has 2 N–H and O–H groups in total. The van der Waals surface area contributed by atoms with Crippen LogP contribution in [0.5, 0.6) is 11.5 Å². The number of nitrogens with one attached hydrogen (secondary N) is 2. The average molecular weight is 423 g/mol. The number of amides is 4. The molecule has 1 fully saturated rings. The zero-order chi connectivity index (χ0) is 21.8. The number of ether oxygens (including phenoxy) is 2. The van der Waals surface area contributed by atoms with Crippen LogP contribution in [-0.4, -0.2) is 48.2 Å². The molecule has 0 radical (unpaired) electrons. The van der Waals surface area contributed by atoms with Gasteiger partial charge in [-0.2, -0.15) is 0 Å². The molecule has 2 aliphatic rings. The predicted molar refractivity (Wildman–Crippen MR) is 113 cm³/mol. The molecule has 0 aliphatic carbocycles. The van der Waals surface area contributed by atoms with E-state index in [1.807, 2.05) is 36.4 Å². The van der Waals surface area contributed by atoms with Crippen molar-refractivity contribution in [1.82, 2.24) is 15.5 Å². The lowest BCUT2D eigenvalue weighted by Gasteiger charge is -2.22. The number of nitrogens with zero attached hydrogens (tertiary/aromatic N) is 1. The molecule has 4 amide bonds. The molecule has 0 spiro atoms. The topological polar surface area (TPSA) is 97.0 Å². The summed E-state index contributed by atoms with van der Waals surface area (Å²) in [6, 6.07) is 14.8. The van der Waals surface area contributed by atoms with Crippen LogP contribution in [0, 0.1) is 0 Å². The SMILES string of the molecule is C[C@]1(Cc2ccc3c(c2)OCO3)NC(=O)N(CC(=O)NCCCc2ccccc2)C1=O. The predicted octanol–water partition coefficient (Wildman–Crippen LogP) is 2.02. The standard InChI is InChI=1S/C23H25N3O5/c1-23(13-17-9-10-18-19(12-17)31-15-30-18)21(28)26(22(29)25-23)14-20(27)24-11-5-8-16-6-3-2-4-7-16/h2-4,6-7,9-10,12H,5,8,11,13-15H2,1H3,(H,24,27)(H,25,29)/t23-/m1/s1. The fraction of sp³-hybridized carbons (Fsp3) is 0.348. The second kappa shape index (κ2) is 8.67. The van der Waals surface area contributed by atoms with Crippen molar-refractivity contribution in [2.24, 2.45) is 0 Å². The third-order valence-electron chi connectivity index (χ3n) is 5.45. The first-order valence-electron chi connectivity index (χ1n) is 10.3. The van der Waals surface area contributed by atoms with E-state index in [4.69, 9.17) is 9.47 Å². The van der Waals surface area contributed by atoms with E-state index in [0.29, 0.717) is 18.0 Å². The van der Waals surface area contributed by atoms with Crippen molar-refractivity contribution in [3.05, 3.63) is 59.7 Å². The number of urea groups is 1. The van der Waals surface area contributed by atoms with Gasteiger partial charge in [0.05, 0.1) is 0 Å². The normalized spacial score (nSPS) is 19.5. The minimum atomic E-state index is -1.13. The summed E-state index contributed by atoms with van der Waals surface area (Å²) in [4.78, 5) is 38.6. The molecule has 0 saturated carbocycles. The highest BCUT2D eigenvalue weighted by Crippen LogP contribution is 2.34. The van der Waals surface area contributed by atoms with Crippen LogP contribution in [0.2, 0.25) is 0 Å². The maximum Gasteiger partial charge on any atom is 0.325 e. The van der Waals surface area contributed by atoms with E-state index in [0.717, 1.165) is 23.3 Å². The van der Waals surface area contributed by atoms with Crippen molar-refractivity contribution in [1.29, 1.82) is 0 Å². The minimum absolute atomic E-state index is 0.167. The van der Waals surface area contributed by atoms with Crippen LogP contribution >= 0.6 is 0 Å². The number of fused-ring (bicyclic) bond motifs is 1. The number of imide groups is 1. The first kappa shape index (κ1) is 20.7.